The van der Waals surface area contributed by atoms with Crippen LogP contribution in [0.5, 0.6) is 0 Å². The van der Waals surface area contributed by atoms with Crippen molar-refractivity contribution >= 4 is 49.3 Å². The minimum Gasteiger partial charge on any atom is -0.398 e. The van der Waals surface area contributed by atoms with E-state index in [-0.39, 0.29) is 0 Å². The van der Waals surface area contributed by atoms with Gasteiger partial charge >= 0.3 is 0 Å². The van der Waals surface area contributed by atoms with Crippen molar-refractivity contribution in [1.29, 1.82) is 0 Å². The molecule has 5 heteroatoms. The third-order valence-corrected chi connectivity index (χ3v) is 11.0. The summed E-state index contributed by atoms with van der Waals surface area (Å²) in [6, 6.07) is 63.7. The molecule has 2 aromatic heterocycles. The number of nitrogens with two attached hydrogens (primary N) is 2. The fourth-order valence-corrected chi connectivity index (χ4v) is 7.94. The Morgan fingerprint density at radius 1 is 0.617 bits per heavy atom. The molecule has 1 aliphatic rings. The van der Waals surface area contributed by atoms with Crippen LogP contribution in [0.4, 0.5) is 0 Å². The monoisotopic (exact) mass is 787 g/mol. The lowest BCUT2D eigenvalue weighted by Crippen LogP contribution is -2.31. The van der Waals surface area contributed by atoms with Crippen LogP contribution < -0.4 is 16.8 Å². The Morgan fingerprint density at radius 3 is 1.67 bits per heavy atom. The molecule has 0 spiro atoms. The normalized spacial score (nSPS) is 13.8. The van der Waals surface area contributed by atoms with E-state index in [9.17, 15) is 0 Å². The van der Waals surface area contributed by atoms with Crippen molar-refractivity contribution in [2.24, 2.45) is 11.5 Å². The van der Waals surface area contributed by atoms with Crippen molar-refractivity contribution in [2.75, 3.05) is 6.54 Å². The molecule has 3 heterocycles. The Bertz CT molecular complexity index is 2730. The molecule has 1 atom stereocenters. The van der Waals surface area contributed by atoms with E-state index in [1.165, 1.54) is 79.6 Å². The molecule has 1 fully saturated rings. The summed E-state index contributed by atoms with van der Waals surface area (Å²) in [7, 11) is 0. The Kier molecular flexibility index (Phi) is 14.4. The second-order valence-corrected chi connectivity index (χ2v) is 15.0. The van der Waals surface area contributed by atoms with Crippen LogP contribution in [0.3, 0.4) is 0 Å². The first-order chi connectivity index (χ1) is 29.6. The summed E-state index contributed by atoms with van der Waals surface area (Å²) in [6.07, 6.45) is 9.13. The standard InChI is InChI=1S/C38H34N4.C7H9N.C6H6.C4H8/c39-33(26-10-2-1-3-11-26)21-23-41-34-14-6-4-12-29(34)31-24-27(17-19-35(31)41)28-18-20-37-32(25-28)30-13-5-7-15-36(30)42(37)38-16-8-9-22-40-38;8-6-7-4-2-1-3-5-7;1-2-4-6-5-3-1;1-3-4-2/h1-7,10-15,17-21,24-25,38,40H,8-9,16,22-23,39H2;1-5H,6,8H2;1-6H;3H,1,4H2,2H3/b33-21-;;;. The van der Waals surface area contributed by atoms with Gasteiger partial charge in [-0.1, -0.05) is 159 Å². The summed E-state index contributed by atoms with van der Waals surface area (Å²) in [5, 5.41) is 8.94. The Labute approximate surface area is 355 Å². The van der Waals surface area contributed by atoms with Gasteiger partial charge in [0.05, 0.1) is 17.2 Å². The van der Waals surface area contributed by atoms with Crippen LogP contribution in [0.1, 0.15) is 49.9 Å². The largest absolute Gasteiger partial charge is 0.398 e. The van der Waals surface area contributed by atoms with Gasteiger partial charge in [0.2, 0.25) is 0 Å². The van der Waals surface area contributed by atoms with Gasteiger partial charge in [0, 0.05) is 51.4 Å². The molecule has 0 radical (unpaired) electrons. The first-order valence-corrected chi connectivity index (χ1v) is 21.2. The maximum absolute atomic E-state index is 6.48. The summed E-state index contributed by atoms with van der Waals surface area (Å²) in [5.74, 6) is 0. The zero-order chi connectivity index (χ0) is 41.5. The number of benzene rings is 7. The Hall–Kier alpha value is -6.66. The summed E-state index contributed by atoms with van der Waals surface area (Å²) in [6.45, 7) is 7.98. The van der Waals surface area contributed by atoms with E-state index in [0.29, 0.717) is 19.3 Å². The van der Waals surface area contributed by atoms with Gasteiger partial charge in [0.25, 0.3) is 0 Å². The molecule has 1 saturated heterocycles. The molecular weight excluding hydrogens is 731 g/mol. The third-order valence-electron chi connectivity index (χ3n) is 11.0. The van der Waals surface area contributed by atoms with Crippen LogP contribution in [0.25, 0.3) is 60.4 Å². The SMILES string of the molecule is C=CCC.N/C(=C\Cn1c2ccccc2c2cc(-c3ccc4c(c3)c3ccccc3n4C3CCCCN3)ccc21)c1ccccc1.NCc1ccccc1.c1ccccc1. The molecule has 0 aliphatic carbocycles. The zero-order valence-corrected chi connectivity index (χ0v) is 34.8. The molecule has 1 unspecified atom stereocenters. The lowest BCUT2D eigenvalue weighted by Gasteiger charge is -2.26. The highest BCUT2D eigenvalue weighted by molar-refractivity contribution is 6.11. The van der Waals surface area contributed by atoms with Crippen molar-refractivity contribution in [3.63, 3.8) is 0 Å². The van der Waals surface area contributed by atoms with Gasteiger partial charge in [0.1, 0.15) is 0 Å². The van der Waals surface area contributed by atoms with Crippen LogP contribution in [0.2, 0.25) is 0 Å². The van der Waals surface area contributed by atoms with E-state index in [4.69, 9.17) is 11.5 Å². The van der Waals surface area contributed by atoms with Crippen molar-refractivity contribution in [3.05, 3.63) is 212 Å². The van der Waals surface area contributed by atoms with Crippen molar-refractivity contribution in [3.8, 4) is 11.1 Å². The highest BCUT2D eigenvalue weighted by Gasteiger charge is 2.20. The first kappa shape index (κ1) is 41.5. The second kappa shape index (κ2) is 20.9. The van der Waals surface area contributed by atoms with Crippen LogP contribution in [0.15, 0.2) is 201 Å². The molecule has 0 bridgehead atoms. The second-order valence-electron chi connectivity index (χ2n) is 15.0. The Morgan fingerprint density at radius 2 is 1.10 bits per heavy atom. The summed E-state index contributed by atoms with van der Waals surface area (Å²) >= 11 is 0. The predicted octanol–water partition coefficient (Wildman–Crippen LogP) is 13.3. The molecule has 10 rings (SSSR count). The summed E-state index contributed by atoms with van der Waals surface area (Å²) in [4.78, 5) is 0. The molecule has 0 amide bonds. The van der Waals surface area contributed by atoms with Gasteiger partial charge in [-0.25, -0.2) is 0 Å². The van der Waals surface area contributed by atoms with Crippen LogP contribution in [0, 0.1) is 0 Å². The Balaban J connectivity index is 0.000000251. The van der Waals surface area contributed by atoms with E-state index < -0.39 is 0 Å². The first-order valence-electron chi connectivity index (χ1n) is 21.2. The minimum atomic E-state index is 0.347. The molecular formula is C55H57N5. The number of hydrogen-bond acceptors (Lipinski definition) is 3. The average molecular weight is 788 g/mol. The number of fused-ring (bicyclic) bond motifs is 6. The van der Waals surface area contributed by atoms with Crippen molar-refractivity contribution < 1.29 is 0 Å². The molecule has 7 aromatic carbocycles. The maximum atomic E-state index is 6.48. The third kappa shape index (κ3) is 9.78. The van der Waals surface area contributed by atoms with Gasteiger partial charge in [-0.3, -0.25) is 5.32 Å². The van der Waals surface area contributed by atoms with Crippen LogP contribution >= 0.6 is 0 Å². The van der Waals surface area contributed by atoms with Crippen molar-refractivity contribution in [2.45, 2.75) is 51.9 Å². The van der Waals surface area contributed by atoms with Gasteiger partial charge in [-0.2, -0.15) is 0 Å². The number of para-hydroxylation sites is 2. The maximum Gasteiger partial charge on any atom is 0.0845 e. The highest BCUT2D eigenvalue weighted by atomic mass is 15.2. The summed E-state index contributed by atoms with van der Waals surface area (Å²) < 4.78 is 4.90. The quantitative estimate of drug-likeness (QED) is 0.141. The fourth-order valence-electron chi connectivity index (χ4n) is 7.94. The number of hydrogen-bond donors (Lipinski definition) is 3. The van der Waals surface area contributed by atoms with E-state index >= 15 is 0 Å². The molecule has 9 aromatic rings. The predicted molar refractivity (Wildman–Crippen MR) is 259 cm³/mol. The van der Waals surface area contributed by atoms with E-state index in [1.54, 1.807) is 0 Å². The molecule has 60 heavy (non-hydrogen) atoms. The van der Waals surface area contributed by atoms with Gasteiger partial charge in [-0.15, -0.1) is 6.58 Å². The fraction of sp³-hybridized carbons (Fsp3) is 0.164. The smallest absolute Gasteiger partial charge is 0.0845 e. The lowest BCUT2D eigenvalue weighted by molar-refractivity contribution is 0.334. The number of aromatic nitrogens is 2. The molecule has 5 nitrogen and oxygen atoms in total. The molecule has 302 valence electrons. The van der Waals surface area contributed by atoms with E-state index in [2.05, 4.69) is 131 Å². The molecule has 5 N–H and O–H groups in total. The number of piperidine rings is 1. The molecule has 0 saturated carbocycles. The number of allylic oxidation sites excluding steroid dienone is 2. The number of rotatable bonds is 7. The number of nitrogens with one attached hydrogen (secondary N) is 1. The van der Waals surface area contributed by atoms with Gasteiger partial charge in [-0.05, 0) is 97.0 Å². The van der Waals surface area contributed by atoms with Crippen molar-refractivity contribution in [1.82, 2.24) is 14.5 Å². The van der Waals surface area contributed by atoms with E-state index in [0.717, 1.165) is 24.2 Å². The van der Waals surface area contributed by atoms with Gasteiger partial charge in [0.15, 0.2) is 0 Å². The zero-order valence-electron chi connectivity index (χ0n) is 34.8. The van der Waals surface area contributed by atoms with Crippen LogP contribution in [-0.4, -0.2) is 15.7 Å². The molecule has 1 aliphatic heterocycles. The minimum absolute atomic E-state index is 0.347. The van der Waals surface area contributed by atoms with Gasteiger partial charge < -0.3 is 20.6 Å². The topological polar surface area (TPSA) is 73.9 Å². The highest BCUT2D eigenvalue weighted by Crippen LogP contribution is 2.38. The lowest BCUT2D eigenvalue weighted by atomic mass is 10.0. The van der Waals surface area contributed by atoms with Crippen LogP contribution in [-0.2, 0) is 13.1 Å². The summed E-state index contributed by atoms with van der Waals surface area (Å²) in [5.41, 5.74) is 22.4. The average Bonchev–Trinajstić information content (AvgIpc) is 3.84. The number of nitrogens with zero attached hydrogens (tertiary/aromatic N) is 2. The van der Waals surface area contributed by atoms with E-state index in [1.807, 2.05) is 91.0 Å².